The van der Waals surface area contributed by atoms with Crippen LogP contribution in [-0.4, -0.2) is 46.4 Å². The second kappa shape index (κ2) is 9.52. The average Bonchev–Trinajstić information content (AvgIpc) is 3.78. The molecular weight excluding hydrogens is 488 g/mol. The van der Waals surface area contributed by atoms with Gasteiger partial charge in [0.05, 0.1) is 35.2 Å². The van der Waals surface area contributed by atoms with Crippen LogP contribution >= 0.6 is 0 Å². The summed E-state index contributed by atoms with van der Waals surface area (Å²) in [4.78, 5) is 33.2. The van der Waals surface area contributed by atoms with Crippen molar-refractivity contribution in [2.24, 2.45) is 5.73 Å². The second-order valence-corrected chi connectivity index (χ2v) is 9.99. The first-order chi connectivity index (χ1) is 19.2. The molecule has 2 atom stereocenters. The third-order valence-electron chi connectivity index (χ3n) is 7.68. The van der Waals surface area contributed by atoms with Gasteiger partial charge in [0.15, 0.2) is 0 Å². The van der Waals surface area contributed by atoms with Crippen LogP contribution in [0.3, 0.4) is 0 Å². The quantitative estimate of drug-likeness (QED) is 0.340. The van der Waals surface area contributed by atoms with E-state index in [-0.39, 0.29) is 18.0 Å². The highest BCUT2D eigenvalue weighted by molar-refractivity contribution is 5.97. The molecule has 194 valence electrons. The molecule has 4 aromatic heterocycles. The molecule has 1 fully saturated rings. The molecule has 9 nitrogen and oxygen atoms in total. The van der Waals surface area contributed by atoms with Crippen molar-refractivity contribution in [1.29, 1.82) is 0 Å². The summed E-state index contributed by atoms with van der Waals surface area (Å²) in [5.74, 6) is 1.62. The predicted octanol–water partition coefficient (Wildman–Crippen LogP) is 4.44. The molecule has 0 unspecified atom stereocenters. The van der Waals surface area contributed by atoms with E-state index in [0.717, 1.165) is 33.7 Å². The van der Waals surface area contributed by atoms with Crippen molar-refractivity contribution in [3.63, 3.8) is 0 Å². The molecule has 0 saturated carbocycles. The van der Waals surface area contributed by atoms with E-state index < -0.39 is 0 Å². The third kappa shape index (κ3) is 4.07. The minimum Gasteiger partial charge on any atom is -0.346 e. The Balaban J connectivity index is 1.34. The summed E-state index contributed by atoms with van der Waals surface area (Å²) in [5.41, 5.74) is 10.5. The molecule has 0 radical (unpaired) electrons. The molecule has 1 aliphatic heterocycles. The van der Waals surface area contributed by atoms with E-state index in [1.807, 2.05) is 65.8 Å². The number of aromatic amines is 1. The van der Waals surface area contributed by atoms with Gasteiger partial charge in [-0.25, -0.2) is 15.0 Å². The molecule has 6 aromatic rings. The Bertz CT molecular complexity index is 1780. The van der Waals surface area contributed by atoms with Gasteiger partial charge in [0.25, 0.3) is 5.91 Å². The fraction of sp³-hybridized carbons (Fsp3) is 0.200. The van der Waals surface area contributed by atoms with Crippen LogP contribution in [0, 0.1) is 0 Å². The van der Waals surface area contributed by atoms with Crippen molar-refractivity contribution < 1.29 is 4.79 Å². The van der Waals surface area contributed by atoms with Crippen LogP contribution in [0.5, 0.6) is 0 Å². The number of carbonyl (C=O) groups is 1. The Labute approximate surface area is 224 Å². The number of nitrogens with one attached hydrogen (secondary N) is 1. The van der Waals surface area contributed by atoms with Gasteiger partial charge < -0.3 is 24.8 Å². The molecule has 1 saturated heterocycles. The Morgan fingerprint density at radius 3 is 2.77 bits per heavy atom. The highest BCUT2D eigenvalue weighted by Crippen LogP contribution is 2.40. The summed E-state index contributed by atoms with van der Waals surface area (Å²) in [6.07, 6.45) is 7.92. The topological polar surface area (TPSA) is 111 Å². The van der Waals surface area contributed by atoms with Gasteiger partial charge in [-0.3, -0.25) is 4.79 Å². The standard InChI is InChI=1S/C30H28N8O/c31-16-27-32-12-13-36(27)23-15-26(38(19-23)30(39)22-14-21-10-11-33-28(21)34-17-22)29-35-24-8-4-5-9-25(24)37(29)18-20-6-2-1-3-7-20/h1-14,17,23,26H,15-16,18-19,31H2,(H,33,34)/t23-,26+/m0/s1. The Morgan fingerprint density at radius 1 is 1.05 bits per heavy atom. The number of hydrogen-bond acceptors (Lipinski definition) is 5. The molecule has 9 heteroatoms. The van der Waals surface area contributed by atoms with Gasteiger partial charge in [0.2, 0.25) is 0 Å². The number of carbonyl (C=O) groups excluding carboxylic acids is 1. The zero-order chi connectivity index (χ0) is 26.3. The van der Waals surface area contributed by atoms with Gasteiger partial charge in [0, 0.05) is 43.3 Å². The molecule has 3 N–H and O–H groups in total. The van der Waals surface area contributed by atoms with E-state index in [0.29, 0.717) is 31.6 Å². The second-order valence-electron chi connectivity index (χ2n) is 9.99. The smallest absolute Gasteiger partial charge is 0.256 e. The number of rotatable bonds is 6. The van der Waals surface area contributed by atoms with Crippen molar-refractivity contribution in [2.45, 2.75) is 31.6 Å². The first kappa shape index (κ1) is 23.4. The van der Waals surface area contributed by atoms with E-state index in [4.69, 9.17) is 10.7 Å². The van der Waals surface area contributed by atoms with Crippen LogP contribution in [0.25, 0.3) is 22.1 Å². The van der Waals surface area contributed by atoms with E-state index in [9.17, 15) is 4.79 Å². The number of aromatic nitrogens is 6. The number of nitrogens with zero attached hydrogens (tertiary/aromatic N) is 6. The molecule has 0 aliphatic carbocycles. The monoisotopic (exact) mass is 516 g/mol. The summed E-state index contributed by atoms with van der Waals surface area (Å²) in [7, 11) is 0. The number of imidazole rings is 2. The lowest BCUT2D eigenvalue weighted by atomic mass is 10.1. The first-order valence-corrected chi connectivity index (χ1v) is 13.1. The third-order valence-corrected chi connectivity index (χ3v) is 7.68. The molecule has 7 rings (SSSR count). The van der Waals surface area contributed by atoms with Crippen LogP contribution < -0.4 is 5.73 Å². The van der Waals surface area contributed by atoms with E-state index in [1.165, 1.54) is 5.56 Å². The summed E-state index contributed by atoms with van der Waals surface area (Å²) < 4.78 is 4.36. The number of pyridine rings is 1. The number of likely N-dealkylation sites (tertiary alicyclic amines) is 1. The number of para-hydroxylation sites is 2. The zero-order valence-corrected chi connectivity index (χ0v) is 21.3. The van der Waals surface area contributed by atoms with Gasteiger partial charge >= 0.3 is 0 Å². The van der Waals surface area contributed by atoms with Gasteiger partial charge in [0.1, 0.15) is 17.3 Å². The average molecular weight is 517 g/mol. The lowest BCUT2D eigenvalue weighted by molar-refractivity contribution is 0.0724. The Kier molecular flexibility index (Phi) is 5.70. The van der Waals surface area contributed by atoms with Gasteiger partial charge in [-0.1, -0.05) is 42.5 Å². The number of fused-ring (bicyclic) bond motifs is 2. The fourth-order valence-electron chi connectivity index (χ4n) is 5.82. The number of hydrogen-bond donors (Lipinski definition) is 2. The molecule has 0 bridgehead atoms. The van der Waals surface area contributed by atoms with Gasteiger partial charge in [-0.2, -0.15) is 0 Å². The molecule has 1 aliphatic rings. The minimum absolute atomic E-state index is 0.0222. The highest BCUT2D eigenvalue weighted by Gasteiger charge is 2.40. The van der Waals surface area contributed by atoms with Crippen molar-refractivity contribution in [1.82, 2.24) is 34.0 Å². The largest absolute Gasteiger partial charge is 0.346 e. The van der Waals surface area contributed by atoms with Crippen molar-refractivity contribution >= 4 is 28.0 Å². The first-order valence-electron chi connectivity index (χ1n) is 13.1. The van der Waals surface area contributed by atoms with E-state index in [1.54, 1.807) is 12.4 Å². The van der Waals surface area contributed by atoms with Crippen LogP contribution in [-0.2, 0) is 13.1 Å². The van der Waals surface area contributed by atoms with Gasteiger partial charge in [-0.15, -0.1) is 0 Å². The minimum atomic E-state index is -0.242. The summed E-state index contributed by atoms with van der Waals surface area (Å²) in [6, 6.07) is 22.1. The number of amides is 1. The maximum absolute atomic E-state index is 14.1. The van der Waals surface area contributed by atoms with Crippen molar-refractivity contribution in [3.05, 3.63) is 114 Å². The molecular formula is C30H28N8O. The van der Waals surface area contributed by atoms with Crippen LogP contribution in [0.4, 0.5) is 0 Å². The summed E-state index contributed by atoms with van der Waals surface area (Å²) in [5, 5.41) is 0.907. The maximum atomic E-state index is 14.1. The van der Waals surface area contributed by atoms with Crippen molar-refractivity contribution in [3.8, 4) is 0 Å². The van der Waals surface area contributed by atoms with Gasteiger partial charge in [-0.05, 0) is 36.2 Å². The zero-order valence-electron chi connectivity index (χ0n) is 21.3. The summed E-state index contributed by atoms with van der Waals surface area (Å²) >= 11 is 0. The molecule has 5 heterocycles. The normalized spacial score (nSPS) is 17.4. The maximum Gasteiger partial charge on any atom is 0.256 e. The lowest BCUT2D eigenvalue weighted by Gasteiger charge is -2.25. The van der Waals surface area contributed by atoms with E-state index >= 15 is 0 Å². The lowest BCUT2D eigenvalue weighted by Crippen LogP contribution is -2.33. The SMILES string of the molecule is NCc1nccn1[C@H]1C[C@H](c2nc3ccccc3n2Cc2ccccc2)N(C(=O)c2cnc3[nH]ccc3c2)C1. The summed E-state index contributed by atoms with van der Waals surface area (Å²) in [6.45, 7) is 1.52. The predicted molar refractivity (Wildman–Crippen MR) is 149 cm³/mol. The number of nitrogens with two attached hydrogens (primary N) is 1. The number of H-pyrrole nitrogens is 1. The van der Waals surface area contributed by atoms with E-state index in [2.05, 4.69) is 42.3 Å². The fourth-order valence-corrected chi connectivity index (χ4v) is 5.82. The molecule has 1 amide bonds. The number of benzene rings is 2. The molecule has 0 spiro atoms. The van der Waals surface area contributed by atoms with Crippen LogP contribution in [0.2, 0.25) is 0 Å². The Morgan fingerprint density at radius 2 is 1.90 bits per heavy atom. The highest BCUT2D eigenvalue weighted by atomic mass is 16.2. The molecule has 2 aromatic carbocycles. The van der Waals surface area contributed by atoms with Crippen LogP contribution in [0.15, 0.2) is 91.5 Å². The van der Waals surface area contributed by atoms with Crippen molar-refractivity contribution in [2.75, 3.05) is 6.54 Å². The molecule has 39 heavy (non-hydrogen) atoms. The Hall–Kier alpha value is -4.76. The van der Waals surface area contributed by atoms with Crippen LogP contribution in [0.1, 0.15) is 46.1 Å².